The first-order chi connectivity index (χ1) is 27.1. The van der Waals surface area contributed by atoms with Crippen LogP contribution in [0, 0.1) is 0 Å². The molecule has 0 aliphatic carbocycles. The second kappa shape index (κ2) is 21.5. The monoisotopic (exact) mass is 928 g/mol. The Hall–Kier alpha value is -5.04. The summed E-state index contributed by atoms with van der Waals surface area (Å²) in [4.78, 5) is 61.2. The topological polar surface area (TPSA) is 238 Å². The molecule has 15 nitrogen and oxygen atoms in total. The summed E-state index contributed by atoms with van der Waals surface area (Å²) in [5.74, 6) is -1.05. The van der Waals surface area contributed by atoms with Crippen LogP contribution in [-0.2, 0) is 9.23 Å². The standard InChI is InChI=1S/C13H8Cl2N4O.C8H5ClN2O.C8H6N2O2.C5H4Cl2N2.Cl2OS/c14-10-6-5-9(11(15)19-10)18-13(20)12-16-7-3-1-2-4-8(7)17-12;9-7(12)8-10-5-3-1-2-4-6(5)11-8;11-8(12)7-9-5-3-1-2-4-6(5)10-7;6-4-2-1-3(8)5(7)9-4;1-4(2)3/h1-6H,(H,16,17)(H,18,20);1-4H,(H,10,11);1-4H,(H,9,10)(H,11,12);1-2H,8H2;. The third kappa shape index (κ3) is 13.8. The molecule has 0 bridgehead atoms. The smallest absolute Gasteiger partial charge is 0.371 e. The normalized spacial score (nSPS) is 10.2. The summed E-state index contributed by atoms with van der Waals surface area (Å²) in [7, 11) is 7.36. The molecule has 0 unspecified atom stereocenters. The molecule has 0 saturated carbocycles. The van der Waals surface area contributed by atoms with E-state index >= 15 is 0 Å². The van der Waals surface area contributed by atoms with E-state index in [0.29, 0.717) is 22.0 Å². The van der Waals surface area contributed by atoms with E-state index in [2.05, 4.69) is 66.6 Å². The summed E-state index contributed by atoms with van der Waals surface area (Å²) in [6.07, 6.45) is 0. The van der Waals surface area contributed by atoms with Crippen LogP contribution in [0.4, 0.5) is 11.4 Å². The maximum atomic E-state index is 12.1. The van der Waals surface area contributed by atoms with Crippen molar-refractivity contribution in [2.24, 2.45) is 0 Å². The summed E-state index contributed by atoms with van der Waals surface area (Å²) in [6.45, 7) is 0. The molecule has 8 rings (SSSR count). The van der Waals surface area contributed by atoms with E-state index in [0.717, 1.165) is 27.6 Å². The molecule has 0 radical (unpaired) electrons. The van der Waals surface area contributed by atoms with Crippen LogP contribution in [0.5, 0.6) is 0 Å². The molecule has 8 aromatic rings. The van der Waals surface area contributed by atoms with Crippen LogP contribution >= 0.6 is 79.4 Å². The number of hydrogen-bond donors (Lipinski definition) is 6. The summed E-state index contributed by atoms with van der Waals surface area (Å²) in [5.41, 5.74) is 10.7. The molecular weight excluding hydrogens is 909 g/mol. The summed E-state index contributed by atoms with van der Waals surface area (Å²) < 4.78 is 9.09. The zero-order chi connectivity index (χ0) is 41.6. The molecule has 0 aliphatic heterocycles. The van der Waals surface area contributed by atoms with Gasteiger partial charge in [-0.15, -0.1) is 0 Å². The van der Waals surface area contributed by atoms with Crippen molar-refractivity contribution in [1.82, 2.24) is 39.9 Å². The van der Waals surface area contributed by atoms with Crippen molar-refractivity contribution in [3.8, 4) is 0 Å². The van der Waals surface area contributed by atoms with Gasteiger partial charge < -0.3 is 31.1 Å². The van der Waals surface area contributed by atoms with Crippen molar-refractivity contribution in [3.05, 3.63) is 135 Å². The number of fused-ring (bicyclic) bond motifs is 3. The van der Waals surface area contributed by atoms with Crippen LogP contribution < -0.4 is 11.1 Å². The summed E-state index contributed by atoms with van der Waals surface area (Å²) in [5, 5.41) is 11.7. The number of nitrogens with two attached hydrogens (primary N) is 1. The Bertz CT molecular complexity index is 2510. The average Bonchev–Trinajstić information content (AvgIpc) is 3.92. The number of hydrogen-bond acceptors (Lipinski definition) is 10. The highest BCUT2D eigenvalue weighted by molar-refractivity contribution is 8.26. The molecule has 1 amide bonds. The Morgan fingerprint density at radius 2 is 1.00 bits per heavy atom. The number of aromatic nitrogens is 8. The Balaban J connectivity index is 0.000000170. The molecular formula is C34H23Cl7N10O5S. The van der Waals surface area contributed by atoms with E-state index in [4.69, 9.17) is 73.1 Å². The second-order valence-electron chi connectivity index (χ2n) is 10.5. The van der Waals surface area contributed by atoms with E-state index < -0.39 is 26.3 Å². The largest absolute Gasteiger partial charge is 0.475 e. The first-order valence-corrected chi connectivity index (χ1v) is 20.0. The van der Waals surface area contributed by atoms with E-state index in [-0.39, 0.29) is 32.9 Å². The number of pyridine rings is 2. The highest BCUT2D eigenvalue weighted by atomic mass is 36.0. The predicted molar refractivity (Wildman–Crippen MR) is 226 cm³/mol. The third-order valence-electron chi connectivity index (χ3n) is 6.68. The van der Waals surface area contributed by atoms with Crippen molar-refractivity contribution in [2.75, 3.05) is 11.1 Å². The molecule has 57 heavy (non-hydrogen) atoms. The molecule has 0 aliphatic rings. The third-order valence-corrected chi connectivity index (χ3v) is 7.87. The number of carbonyl (C=O) groups excluding carboxylic acids is 2. The van der Waals surface area contributed by atoms with Gasteiger partial charge in [-0.2, -0.15) is 0 Å². The number of anilines is 2. The van der Waals surface area contributed by atoms with Crippen LogP contribution in [0.25, 0.3) is 33.1 Å². The average molecular weight is 932 g/mol. The van der Waals surface area contributed by atoms with E-state index in [1.54, 1.807) is 36.4 Å². The number of nitrogen functional groups attached to an aromatic ring is 1. The molecule has 5 aromatic heterocycles. The Kier molecular flexibility index (Phi) is 16.8. The van der Waals surface area contributed by atoms with Crippen molar-refractivity contribution in [3.63, 3.8) is 0 Å². The van der Waals surface area contributed by atoms with Gasteiger partial charge in [0.15, 0.2) is 22.0 Å². The lowest BCUT2D eigenvalue weighted by molar-refractivity contribution is 0.0684. The number of H-pyrrole nitrogens is 3. The Morgan fingerprint density at radius 1 is 0.596 bits per heavy atom. The summed E-state index contributed by atoms with van der Waals surface area (Å²) in [6, 6.07) is 28.3. The lowest BCUT2D eigenvalue weighted by atomic mass is 10.3. The minimum atomic E-state index is -1.67. The maximum absolute atomic E-state index is 12.1. The van der Waals surface area contributed by atoms with Gasteiger partial charge in [0.25, 0.3) is 11.1 Å². The fraction of sp³-hybridized carbons (Fsp3) is 0. The number of imidazole rings is 3. The molecule has 23 heteroatoms. The number of aromatic amines is 3. The number of benzene rings is 3. The Labute approximate surface area is 357 Å². The zero-order valence-corrected chi connectivity index (χ0v) is 34.3. The number of nitrogens with zero attached hydrogens (tertiary/aromatic N) is 5. The SMILES string of the molecule is Nc1ccc(Cl)nc1Cl.O=C(Cl)c1nc2ccccc2[nH]1.O=C(Nc1ccc(Cl)nc1Cl)c1nc2ccccc2[nH]1.O=C(O)c1nc2ccccc2[nH]1.O=S(Cl)Cl. The van der Waals surface area contributed by atoms with E-state index in [9.17, 15) is 14.4 Å². The predicted octanol–water partition coefficient (Wildman–Crippen LogP) is 9.73. The quantitative estimate of drug-likeness (QED) is 0.0717. The van der Waals surface area contributed by atoms with Crippen LogP contribution in [0.1, 0.15) is 31.9 Å². The first-order valence-electron chi connectivity index (χ1n) is 15.3. The van der Waals surface area contributed by atoms with Gasteiger partial charge in [0.2, 0.25) is 15.1 Å². The number of para-hydroxylation sites is 6. The van der Waals surface area contributed by atoms with Crippen molar-refractivity contribution in [2.45, 2.75) is 0 Å². The lowest BCUT2D eigenvalue weighted by Crippen LogP contribution is -2.14. The van der Waals surface area contributed by atoms with Crippen LogP contribution in [-0.4, -0.2) is 66.3 Å². The van der Waals surface area contributed by atoms with Gasteiger partial charge in [0, 0.05) is 21.4 Å². The molecule has 294 valence electrons. The van der Waals surface area contributed by atoms with Gasteiger partial charge >= 0.3 is 5.97 Å². The highest BCUT2D eigenvalue weighted by Crippen LogP contribution is 2.22. The second-order valence-corrected chi connectivity index (χ2v) is 14.9. The lowest BCUT2D eigenvalue weighted by Gasteiger charge is -2.04. The van der Waals surface area contributed by atoms with Gasteiger partial charge in [-0.25, -0.2) is 33.9 Å². The number of carboxylic acids is 1. The van der Waals surface area contributed by atoms with Crippen molar-refractivity contribution < 1.29 is 23.7 Å². The van der Waals surface area contributed by atoms with Gasteiger partial charge in [-0.3, -0.25) is 9.59 Å². The van der Waals surface area contributed by atoms with Crippen molar-refractivity contribution >= 4 is 150 Å². The fourth-order valence-corrected chi connectivity index (χ4v) is 5.10. The van der Waals surface area contributed by atoms with E-state index in [1.165, 1.54) is 0 Å². The molecule has 0 spiro atoms. The number of halogens is 7. The van der Waals surface area contributed by atoms with Crippen molar-refractivity contribution in [1.29, 1.82) is 0 Å². The number of aromatic carboxylic acids is 1. The van der Waals surface area contributed by atoms with Crippen LogP contribution in [0.15, 0.2) is 97.1 Å². The van der Waals surface area contributed by atoms with Crippen LogP contribution in [0.2, 0.25) is 20.6 Å². The number of carbonyl (C=O) groups is 3. The fourth-order valence-electron chi connectivity index (χ4n) is 4.27. The number of carboxylic acid groups (broad SMARTS) is 1. The molecule has 0 saturated heterocycles. The first kappa shape index (κ1) is 44.7. The molecule has 5 heterocycles. The molecule has 3 aromatic carbocycles. The van der Waals surface area contributed by atoms with Gasteiger partial charge in [0.05, 0.1) is 44.5 Å². The highest BCUT2D eigenvalue weighted by Gasteiger charge is 2.14. The zero-order valence-electron chi connectivity index (χ0n) is 28.2. The maximum Gasteiger partial charge on any atom is 0.371 e. The number of amides is 1. The van der Waals surface area contributed by atoms with Gasteiger partial charge in [-0.1, -0.05) is 82.8 Å². The van der Waals surface area contributed by atoms with Gasteiger partial charge in [0.1, 0.15) is 10.3 Å². The van der Waals surface area contributed by atoms with Gasteiger partial charge in [-0.05, 0) is 72.3 Å². The minimum Gasteiger partial charge on any atom is -0.475 e. The van der Waals surface area contributed by atoms with Crippen LogP contribution in [0.3, 0.4) is 0 Å². The summed E-state index contributed by atoms with van der Waals surface area (Å²) >= 11 is 27.8. The van der Waals surface area contributed by atoms with E-state index in [1.807, 2.05) is 60.7 Å². The Morgan fingerprint density at radius 3 is 1.42 bits per heavy atom. The molecule has 7 N–H and O–H groups in total. The molecule has 0 fully saturated rings. The number of nitrogens with one attached hydrogen (secondary N) is 4. The number of rotatable bonds is 4. The minimum absolute atomic E-state index is 0.0174. The molecule has 0 atom stereocenters.